The maximum absolute atomic E-state index is 5.41. The van der Waals surface area contributed by atoms with Gasteiger partial charge in [-0.05, 0) is 19.1 Å². The molecule has 1 heterocycles. The SMILES string of the molecule is COc1cccc(OC)c1C1(C)CO1. The molecule has 0 spiro atoms. The Hall–Kier alpha value is -1.22. The van der Waals surface area contributed by atoms with E-state index in [9.17, 15) is 0 Å². The molecule has 1 atom stereocenters. The fourth-order valence-corrected chi connectivity index (χ4v) is 1.63. The van der Waals surface area contributed by atoms with Crippen LogP contribution >= 0.6 is 0 Å². The zero-order valence-electron chi connectivity index (χ0n) is 8.66. The molecule has 0 amide bonds. The molecule has 0 aliphatic carbocycles. The molecule has 0 bridgehead atoms. The Bertz CT molecular complexity index is 320. The summed E-state index contributed by atoms with van der Waals surface area (Å²) < 4.78 is 16.0. The number of hydrogen-bond acceptors (Lipinski definition) is 3. The van der Waals surface area contributed by atoms with Gasteiger partial charge >= 0.3 is 0 Å². The quantitative estimate of drug-likeness (QED) is 0.689. The zero-order valence-corrected chi connectivity index (χ0v) is 8.66. The molecule has 3 nitrogen and oxygen atoms in total. The molecule has 1 aromatic carbocycles. The van der Waals surface area contributed by atoms with Gasteiger partial charge in [0.15, 0.2) is 0 Å². The van der Waals surface area contributed by atoms with Crippen LogP contribution in [0.25, 0.3) is 0 Å². The third kappa shape index (κ3) is 1.34. The number of methoxy groups -OCH3 is 2. The van der Waals surface area contributed by atoms with Crippen LogP contribution in [0.4, 0.5) is 0 Å². The van der Waals surface area contributed by atoms with Gasteiger partial charge in [-0.1, -0.05) is 6.07 Å². The van der Waals surface area contributed by atoms with E-state index in [1.54, 1.807) is 14.2 Å². The smallest absolute Gasteiger partial charge is 0.128 e. The molecule has 2 rings (SSSR count). The lowest BCUT2D eigenvalue weighted by molar-refractivity contribution is 0.302. The molecule has 1 saturated heterocycles. The summed E-state index contributed by atoms with van der Waals surface area (Å²) >= 11 is 0. The highest BCUT2D eigenvalue weighted by Crippen LogP contribution is 2.47. The van der Waals surface area contributed by atoms with Crippen LogP contribution in [0.15, 0.2) is 18.2 Å². The van der Waals surface area contributed by atoms with Crippen molar-refractivity contribution < 1.29 is 14.2 Å². The van der Waals surface area contributed by atoms with Crippen molar-refractivity contribution in [2.45, 2.75) is 12.5 Å². The predicted octanol–water partition coefficient (Wildman–Crippen LogP) is 1.95. The van der Waals surface area contributed by atoms with Crippen LogP contribution in [0.3, 0.4) is 0 Å². The van der Waals surface area contributed by atoms with Gasteiger partial charge in [0.25, 0.3) is 0 Å². The number of ether oxygens (including phenoxy) is 3. The van der Waals surface area contributed by atoms with Crippen LogP contribution in [0.5, 0.6) is 11.5 Å². The summed E-state index contributed by atoms with van der Waals surface area (Å²) in [6.07, 6.45) is 0. The third-order valence-electron chi connectivity index (χ3n) is 2.53. The van der Waals surface area contributed by atoms with Crippen molar-refractivity contribution in [3.63, 3.8) is 0 Å². The van der Waals surface area contributed by atoms with Gasteiger partial charge in [-0.25, -0.2) is 0 Å². The summed E-state index contributed by atoms with van der Waals surface area (Å²) in [5.74, 6) is 1.65. The molecule has 76 valence electrons. The van der Waals surface area contributed by atoms with E-state index in [4.69, 9.17) is 14.2 Å². The fraction of sp³-hybridized carbons (Fsp3) is 0.455. The van der Waals surface area contributed by atoms with Crippen molar-refractivity contribution in [3.05, 3.63) is 23.8 Å². The molecule has 0 saturated carbocycles. The summed E-state index contributed by atoms with van der Waals surface area (Å²) in [5, 5.41) is 0. The van der Waals surface area contributed by atoms with Crippen LogP contribution in [0.2, 0.25) is 0 Å². The fourth-order valence-electron chi connectivity index (χ4n) is 1.63. The molecule has 14 heavy (non-hydrogen) atoms. The molecule has 1 unspecified atom stereocenters. The molecule has 3 heteroatoms. The van der Waals surface area contributed by atoms with E-state index in [1.165, 1.54) is 0 Å². The van der Waals surface area contributed by atoms with Gasteiger partial charge in [0.1, 0.15) is 17.1 Å². The summed E-state index contributed by atoms with van der Waals surface area (Å²) in [6.45, 7) is 2.76. The number of hydrogen-bond donors (Lipinski definition) is 0. The minimum atomic E-state index is -0.224. The topological polar surface area (TPSA) is 31.0 Å². The van der Waals surface area contributed by atoms with Crippen LogP contribution < -0.4 is 9.47 Å². The van der Waals surface area contributed by atoms with Gasteiger partial charge in [-0.15, -0.1) is 0 Å². The maximum Gasteiger partial charge on any atom is 0.128 e. The Kier molecular flexibility index (Phi) is 2.11. The van der Waals surface area contributed by atoms with Crippen LogP contribution in [0, 0.1) is 0 Å². The normalized spacial score (nSPS) is 24.5. The lowest BCUT2D eigenvalue weighted by Crippen LogP contribution is -2.07. The van der Waals surface area contributed by atoms with E-state index < -0.39 is 0 Å². The minimum absolute atomic E-state index is 0.224. The third-order valence-corrected chi connectivity index (χ3v) is 2.53. The lowest BCUT2D eigenvalue weighted by Gasteiger charge is -2.15. The monoisotopic (exact) mass is 194 g/mol. The molecule has 0 aromatic heterocycles. The summed E-state index contributed by atoms with van der Waals surface area (Å²) in [6, 6.07) is 5.75. The number of rotatable bonds is 3. The van der Waals surface area contributed by atoms with Crippen LogP contribution in [0.1, 0.15) is 12.5 Å². The summed E-state index contributed by atoms with van der Waals surface area (Å²) in [4.78, 5) is 0. The Morgan fingerprint density at radius 3 is 2.07 bits per heavy atom. The second kappa shape index (κ2) is 3.17. The maximum atomic E-state index is 5.41. The number of benzene rings is 1. The van der Waals surface area contributed by atoms with E-state index in [0.717, 1.165) is 23.7 Å². The van der Waals surface area contributed by atoms with E-state index in [2.05, 4.69) is 0 Å². The zero-order chi connectivity index (χ0) is 10.2. The molecule has 1 aliphatic heterocycles. The molecule has 0 radical (unpaired) electrons. The van der Waals surface area contributed by atoms with Gasteiger partial charge in [0.2, 0.25) is 0 Å². The van der Waals surface area contributed by atoms with Crippen molar-refractivity contribution in [2.24, 2.45) is 0 Å². The van der Waals surface area contributed by atoms with E-state index in [0.29, 0.717) is 0 Å². The molecule has 0 N–H and O–H groups in total. The van der Waals surface area contributed by atoms with Gasteiger partial charge in [0.05, 0.1) is 26.4 Å². The van der Waals surface area contributed by atoms with Crippen molar-refractivity contribution in [3.8, 4) is 11.5 Å². The Morgan fingerprint density at radius 2 is 1.71 bits per heavy atom. The van der Waals surface area contributed by atoms with Gasteiger partial charge in [-0.3, -0.25) is 0 Å². The largest absolute Gasteiger partial charge is 0.496 e. The standard InChI is InChI=1S/C11H14O3/c1-11(7-14-11)10-8(12-2)5-4-6-9(10)13-3/h4-6H,7H2,1-3H3. The van der Waals surface area contributed by atoms with Crippen molar-refractivity contribution in [1.82, 2.24) is 0 Å². The second-order valence-corrected chi connectivity index (χ2v) is 3.56. The highest BCUT2D eigenvalue weighted by atomic mass is 16.6. The van der Waals surface area contributed by atoms with Crippen molar-refractivity contribution in [1.29, 1.82) is 0 Å². The molecular weight excluding hydrogens is 180 g/mol. The summed E-state index contributed by atoms with van der Waals surface area (Å²) in [7, 11) is 3.31. The molecular formula is C11H14O3. The average molecular weight is 194 g/mol. The highest BCUT2D eigenvalue weighted by Gasteiger charge is 2.45. The minimum Gasteiger partial charge on any atom is -0.496 e. The van der Waals surface area contributed by atoms with Crippen molar-refractivity contribution in [2.75, 3.05) is 20.8 Å². The second-order valence-electron chi connectivity index (χ2n) is 3.56. The first kappa shape index (κ1) is 9.34. The van der Waals surface area contributed by atoms with Crippen LogP contribution in [-0.4, -0.2) is 20.8 Å². The van der Waals surface area contributed by atoms with Crippen molar-refractivity contribution >= 4 is 0 Å². The predicted molar refractivity (Wildman–Crippen MR) is 52.9 cm³/mol. The first-order valence-electron chi connectivity index (χ1n) is 4.57. The molecule has 1 aliphatic rings. The first-order valence-corrected chi connectivity index (χ1v) is 4.57. The number of epoxide rings is 1. The van der Waals surface area contributed by atoms with E-state index in [1.807, 2.05) is 25.1 Å². The van der Waals surface area contributed by atoms with Gasteiger partial charge < -0.3 is 14.2 Å². The lowest BCUT2D eigenvalue weighted by atomic mass is 10.00. The van der Waals surface area contributed by atoms with Gasteiger partial charge in [-0.2, -0.15) is 0 Å². The molecule has 1 fully saturated rings. The van der Waals surface area contributed by atoms with E-state index >= 15 is 0 Å². The first-order chi connectivity index (χ1) is 6.71. The van der Waals surface area contributed by atoms with Gasteiger partial charge in [0, 0.05) is 0 Å². The van der Waals surface area contributed by atoms with E-state index in [-0.39, 0.29) is 5.60 Å². The molecule has 1 aromatic rings. The summed E-state index contributed by atoms with van der Waals surface area (Å²) in [5.41, 5.74) is 0.780. The Labute approximate surface area is 83.6 Å². The average Bonchev–Trinajstić information content (AvgIpc) is 2.96. The highest BCUT2D eigenvalue weighted by molar-refractivity contribution is 5.50. The van der Waals surface area contributed by atoms with Crippen LogP contribution in [-0.2, 0) is 10.3 Å². The Morgan fingerprint density at radius 1 is 1.21 bits per heavy atom. The Balaban J connectivity index is 2.52.